The fourth-order valence-electron chi connectivity index (χ4n) is 1.94. The van der Waals surface area contributed by atoms with Crippen LogP contribution in [0.2, 0.25) is 0 Å². The maximum atomic E-state index is 13.9. The SMILES string of the molecule is CC1=NCC(C(C)(N)c2cc(Br)ccc2F)=C1. The minimum Gasteiger partial charge on any atom is -0.318 e. The molecule has 90 valence electrons. The monoisotopic (exact) mass is 296 g/mol. The number of benzene rings is 1. The molecular formula is C13H14BrFN2. The van der Waals surface area contributed by atoms with E-state index in [2.05, 4.69) is 20.9 Å². The molecule has 1 aliphatic rings. The first-order chi connectivity index (χ1) is 7.91. The Balaban J connectivity index is 2.45. The van der Waals surface area contributed by atoms with Crippen LogP contribution in [0.4, 0.5) is 4.39 Å². The van der Waals surface area contributed by atoms with Gasteiger partial charge in [0.25, 0.3) is 0 Å². The number of hydrogen-bond donors (Lipinski definition) is 1. The Morgan fingerprint density at radius 1 is 1.47 bits per heavy atom. The summed E-state index contributed by atoms with van der Waals surface area (Å²) in [6, 6.07) is 4.82. The maximum absolute atomic E-state index is 13.9. The summed E-state index contributed by atoms with van der Waals surface area (Å²) in [4.78, 5) is 4.27. The summed E-state index contributed by atoms with van der Waals surface area (Å²) in [5, 5.41) is 0. The Kier molecular flexibility index (Phi) is 3.19. The van der Waals surface area contributed by atoms with E-state index in [1.54, 1.807) is 12.1 Å². The molecule has 17 heavy (non-hydrogen) atoms. The number of allylic oxidation sites excluding steroid dienone is 1. The van der Waals surface area contributed by atoms with E-state index >= 15 is 0 Å². The van der Waals surface area contributed by atoms with Crippen LogP contribution in [0.15, 0.2) is 39.3 Å². The molecule has 0 spiro atoms. The lowest BCUT2D eigenvalue weighted by Crippen LogP contribution is -2.37. The number of aliphatic imine (C=N–C) groups is 1. The average molecular weight is 297 g/mol. The second-order valence-corrected chi connectivity index (χ2v) is 5.37. The Morgan fingerprint density at radius 3 is 2.76 bits per heavy atom. The highest BCUT2D eigenvalue weighted by Gasteiger charge is 2.30. The van der Waals surface area contributed by atoms with Crippen LogP contribution in [0.3, 0.4) is 0 Å². The van der Waals surface area contributed by atoms with Crippen LogP contribution in [0.1, 0.15) is 19.4 Å². The van der Waals surface area contributed by atoms with E-state index in [0.717, 1.165) is 15.8 Å². The summed E-state index contributed by atoms with van der Waals surface area (Å²) in [5.41, 5.74) is 7.81. The molecule has 0 aromatic heterocycles. The van der Waals surface area contributed by atoms with Gasteiger partial charge in [-0.3, -0.25) is 4.99 Å². The van der Waals surface area contributed by atoms with Gasteiger partial charge in [-0.15, -0.1) is 0 Å². The lowest BCUT2D eigenvalue weighted by Gasteiger charge is -2.27. The van der Waals surface area contributed by atoms with Crippen LogP contribution in [0.5, 0.6) is 0 Å². The average Bonchev–Trinajstić information content (AvgIpc) is 2.69. The lowest BCUT2D eigenvalue weighted by atomic mass is 9.85. The zero-order valence-corrected chi connectivity index (χ0v) is 11.4. The van der Waals surface area contributed by atoms with Gasteiger partial charge in [0.05, 0.1) is 12.1 Å². The quantitative estimate of drug-likeness (QED) is 0.894. The number of hydrogen-bond acceptors (Lipinski definition) is 2. The zero-order chi connectivity index (χ0) is 12.6. The molecule has 0 saturated carbocycles. The van der Waals surface area contributed by atoms with Crippen molar-refractivity contribution in [2.45, 2.75) is 19.4 Å². The molecule has 4 heteroatoms. The maximum Gasteiger partial charge on any atom is 0.128 e. The minimum atomic E-state index is -0.824. The number of nitrogens with two attached hydrogens (primary N) is 1. The van der Waals surface area contributed by atoms with E-state index < -0.39 is 5.54 Å². The molecule has 0 bridgehead atoms. The van der Waals surface area contributed by atoms with E-state index in [4.69, 9.17) is 5.73 Å². The first kappa shape index (κ1) is 12.5. The van der Waals surface area contributed by atoms with Gasteiger partial charge in [-0.05, 0) is 43.7 Å². The van der Waals surface area contributed by atoms with Crippen molar-refractivity contribution in [2.24, 2.45) is 10.7 Å². The normalized spacial score (nSPS) is 18.6. The van der Waals surface area contributed by atoms with Crippen molar-refractivity contribution in [3.8, 4) is 0 Å². The lowest BCUT2D eigenvalue weighted by molar-refractivity contribution is 0.519. The molecule has 2 rings (SSSR count). The van der Waals surface area contributed by atoms with Gasteiger partial charge in [-0.25, -0.2) is 4.39 Å². The molecule has 0 fully saturated rings. The molecule has 0 aliphatic carbocycles. The molecule has 1 aliphatic heterocycles. The van der Waals surface area contributed by atoms with Gasteiger partial charge < -0.3 is 5.73 Å². The smallest absolute Gasteiger partial charge is 0.128 e. The molecule has 1 aromatic carbocycles. The summed E-state index contributed by atoms with van der Waals surface area (Å²) >= 11 is 3.34. The van der Waals surface area contributed by atoms with Crippen molar-refractivity contribution < 1.29 is 4.39 Å². The standard InChI is InChI=1S/C13H14BrFN2/c1-8-5-9(7-17-8)13(2,16)11-6-10(14)3-4-12(11)15/h3-6H,7,16H2,1-2H3. The fourth-order valence-corrected chi connectivity index (χ4v) is 2.30. The van der Waals surface area contributed by atoms with Crippen LogP contribution in [0, 0.1) is 5.82 Å². The van der Waals surface area contributed by atoms with Gasteiger partial charge in [-0.1, -0.05) is 15.9 Å². The Hall–Kier alpha value is -1.00. The van der Waals surface area contributed by atoms with Crippen molar-refractivity contribution in [1.29, 1.82) is 0 Å². The molecule has 0 saturated heterocycles. The molecule has 1 atom stereocenters. The summed E-state index contributed by atoms with van der Waals surface area (Å²) in [5.74, 6) is -0.288. The summed E-state index contributed by atoms with van der Waals surface area (Å²) in [6.45, 7) is 4.28. The first-order valence-electron chi connectivity index (χ1n) is 5.38. The molecule has 1 heterocycles. The highest BCUT2D eigenvalue weighted by atomic mass is 79.9. The van der Waals surface area contributed by atoms with Gasteiger partial charge in [0.1, 0.15) is 5.82 Å². The highest BCUT2D eigenvalue weighted by Crippen LogP contribution is 2.32. The molecule has 2 N–H and O–H groups in total. The number of nitrogens with zero attached hydrogens (tertiary/aromatic N) is 1. The number of rotatable bonds is 2. The van der Waals surface area contributed by atoms with E-state index in [-0.39, 0.29) is 5.82 Å². The first-order valence-corrected chi connectivity index (χ1v) is 6.17. The second kappa shape index (κ2) is 4.35. The predicted molar refractivity (Wildman–Crippen MR) is 71.7 cm³/mol. The highest BCUT2D eigenvalue weighted by molar-refractivity contribution is 9.10. The van der Waals surface area contributed by atoms with Gasteiger partial charge in [0.2, 0.25) is 0 Å². The van der Waals surface area contributed by atoms with E-state index in [1.165, 1.54) is 6.07 Å². The van der Waals surface area contributed by atoms with Crippen molar-refractivity contribution in [1.82, 2.24) is 0 Å². The summed E-state index contributed by atoms with van der Waals surface area (Å²) in [7, 11) is 0. The van der Waals surface area contributed by atoms with E-state index in [9.17, 15) is 4.39 Å². The minimum absolute atomic E-state index is 0.288. The largest absolute Gasteiger partial charge is 0.318 e. The van der Waals surface area contributed by atoms with Crippen LogP contribution in [-0.2, 0) is 5.54 Å². The number of halogens is 2. The van der Waals surface area contributed by atoms with Crippen LogP contribution < -0.4 is 5.73 Å². The Labute approximate surface area is 109 Å². The van der Waals surface area contributed by atoms with Crippen LogP contribution >= 0.6 is 15.9 Å². The molecule has 1 unspecified atom stereocenters. The molecule has 0 amide bonds. The zero-order valence-electron chi connectivity index (χ0n) is 9.80. The van der Waals surface area contributed by atoms with Crippen molar-refractivity contribution in [3.05, 3.63) is 45.7 Å². The fraction of sp³-hybridized carbons (Fsp3) is 0.308. The summed E-state index contributed by atoms with van der Waals surface area (Å²) in [6.07, 6.45) is 1.93. The predicted octanol–water partition coefficient (Wildman–Crippen LogP) is 3.16. The van der Waals surface area contributed by atoms with E-state index in [0.29, 0.717) is 12.1 Å². The molecule has 0 radical (unpaired) electrons. The van der Waals surface area contributed by atoms with Crippen molar-refractivity contribution in [2.75, 3.05) is 6.54 Å². The van der Waals surface area contributed by atoms with Gasteiger partial charge >= 0.3 is 0 Å². The molecular weight excluding hydrogens is 283 g/mol. The Bertz CT molecular complexity index is 518. The summed E-state index contributed by atoms with van der Waals surface area (Å²) < 4.78 is 14.7. The van der Waals surface area contributed by atoms with Crippen molar-refractivity contribution >= 4 is 21.6 Å². The molecule has 2 nitrogen and oxygen atoms in total. The third-order valence-corrected chi connectivity index (χ3v) is 3.53. The van der Waals surface area contributed by atoms with Gasteiger partial charge in [-0.2, -0.15) is 0 Å². The topological polar surface area (TPSA) is 38.4 Å². The van der Waals surface area contributed by atoms with Crippen LogP contribution in [0.25, 0.3) is 0 Å². The van der Waals surface area contributed by atoms with E-state index in [1.807, 2.05) is 19.9 Å². The third-order valence-electron chi connectivity index (χ3n) is 3.04. The third kappa shape index (κ3) is 2.33. The molecule has 1 aromatic rings. The van der Waals surface area contributed by atoms with Gasteiger partial charge in [0.15, 0.2) is 0 Å². The Morgan fingerprint density at radius 2 is 2.18 bits per heavy atom. The van der Waals surface area contributed by atoms with Gasteiger partial charge in [0, 0.05) is 15.7 Å². The van der Waals surface area contributed by atoms with Crippen molar-refractivity contribution in [3.63, 3.8) is 0 Å². The second-order valence-electron chi connectivity index (χ2n) is 4.45. The van der Waals surface area contributed by atoms with Crippen LogP contribution in [-0.4, -0.2) is 12.3 Å².